The van der Waals surface area contributed by atoms with E-state index in [0.717, 1.165) is 17.7 Å². The van der Waals surface area contributed by atoms with Crippen molar-refractivity contribution < 1.29 is 14.0 Å². The fraction of sp³-hybridized carbons (Fsp3) is 0.452. The maximum atomic E-state index is 13.6. The molecule has 4 nitrogen and oxygen atoms in total. The number of carbonyl (C=O) groups excluding carboxylic acids is 1. The van der Waals surface area contributed by atoms with Gasteiger partial charge in [-0.25, -0.2) is 4.79 Å². The Labute approximate surface area is 226 Å². The van der Waals surface area contributed by atoms with Crippen LogP contribution in [-0.2, 0) is 4.43 Å². The van der Waals surface area contributed by atoms with Gasteiger partial charge in [0.1, 0.15) is 19.9 Å². The molecule has 0 unspecified atom stereocenters. The molecule has 1 aliphatic rings. The molecule has 1 heterocycles. The summed E-state index contributed by atoms with van der Waals surface area (Å²) < 4.78 is 12.5. The Morgan fingerprint density at radius 2 is 1.62 bits per heavy atom. The third-order valence-electron chi connectivity index (χ3n) is 7.21. The minimum Gasteiger partial charge on any atom is -0.416 e. The lowest BCUT2D eigenvalue weighted by molar-refractivity contribution is 0.207. The predicted octanol–water partition coefficient (Wildman–Crippen LogP) is 8.39. The van der Waals surface area contributed by atoms with Gasteiger partial charge < -0.3 is 9.16 Å². The maximum absolute atomic E-state index is 13.6. The molecule has 6 heteroatoms. The van der Waals surface area contributed by atoms with E-state index in [2.05, 4.69) is 84.0 Å². The first-order valence-corrected chi connectivity index (χ1v) is 19.7. The van der Waals surface area contributed by atoms with Crippen molar-refractivity contribution in [3.8, 4) is 17.2 Å². The summed E-state index contributed by atoms with van der Waals surface area (Å²) in [6, 6.07) is 16.9. The van der Waals surface area contributed by atoms with Crippen LogP contribution in [0.25, 0.3) is 5.57 Å². The number of para-hydroxylation sites is 2. The molecule has 198 valence electrons. The van der Waals surface area contributed by atoms with Gasteiger partial charge in [-0.1, -0.05) is 89.7 Å². The summed E-state index contributed by atoms with van der Waals surface area (Å²) in [7, 11) is -3.58. The Bertz CT molecular complexity index is 1180. The zero-order valence-electron chi connectivity index (χ0n) is 24.0. The number of ether oxygens (including phenoxy) is 1. The second-order valence-electron chi connectivity index (χ2n) is 12.3. The van der Waals surface area contributed by atoms with Crippen molar-refractivity contribution in [1.82, 2.24) is 0 Å². The van der Waals surface area contributed by atoms with Crippen LogP contribution in [-0.4, -0.2) is 35.1 Å². The highest BCUT2D eigenvalue weighted by molar-refractivity contribution is 6.83. The molecular weight excluding hydrogens is 491 g/mol. The number of hydrogen-bond acceptors (Lipinski definition) is 3. The standard InChI is InChI=1S/C31H43NO3Si2/c1-10-24(23-34-37(8,9)31(2,3)4)28-22-25(20-21-36(5,6)7)32(29-19-15-14-18-27(28)29)30(33)35-26-16-12-11-13-17-26/h11-19,22,24-25H,10,23H2,1-9H3/t24-,25+/m1/s1. The SMILES string of the molecule is CC[C@H](CO[Si](C)(C)C(C)(C)C)C1=C[C@H](C#C[Si](C)(C)C)N(C(=O)Oc2ccccc2)c2ccccc21. The third-order valence-corrected chi connectivity index (χ3v) is 12.6. The van der Waals surface area contributed by atoms with Crippen LogP contribution in [0.3, 0.4) is 0 Å². The molecule has 0 N–H and O–H groups in total. The van der Waals surface area contributed by atoms with E-state index in [1.807, 2.05) is 36.4 Å². The summed E-state index contributed by atoms with van der Waals surface area (Å²) in [5.74, 6) is 4.18. The van der Waals surface area contributed by atoms with Crippen LogP contribution in [0.1, 0.15) is 39.7 Å². The molecule has 0 saturated heterocycles. The fourth-order valence-corrected chi connectivity index (χ4v) is 5.60. The predicted molar refractivity (Wildman–Crippen MR) is 161 cm³/mol. The Kier molecular flexibility index (Phi) is 8.95. The lowest BCUT2D eigenvalue weighted by Gasteiger charge is -2.39. The number of amides is 1. The average Bonchev–Trinajstić information content (AvgIpc) is 2.82. The number of carbonyl (C=O) groups is 1. The molecule has 2 aromatic rings. The number of fused-ring (bicyclic) bond motifs is 1. The van der Waals surface area contributed by atoms with Crippen molar-refractivity contribution in [2.45, 2.75) is 77.9 Å². The quantitative estimate of drug-likeness (QED) is 0.276. The minimum atomic E-state index is -1.90. The normalized spacial score (nSPS) is 16.7. The topological polar surface area (TPSA) is 38.8 Å². The Morgan fingerprint density at radius 1 is 1.00 bits per heavy atom. The molecule has 37 heavy (non-hydrogen) atoms. The summed E-state index contributed by atoms with van der Waals surface area (Å²) in [5.41, 5.74) is 6.58. The molecule has 0 fully saturated rings. The van der Waals surface area contributed by atoms with Gasteiger partial charge >= 0.3 is 6.09 Å². The molecule has 1 aliphatic heterocycles. The van der Waals surface area contributed by atoms with Crippen LogP contribution >= 0.6 is 0 Å². The van der Waals surface area contributed by atoms with Crippen LogP contribution in [0.4, 0.5) is 10.5 Å². The van der Waals surface area contributed by atoms with Crippen molar-refractivity contribution in [3.05, 3.63) is 66.2 Å². The summed E-state index contributed by atoms with van der Waals surface area (Å²) in [5, 5.41) is 0.146. The molecule has 3 rings (SSSR count). The largest absolute Gasteiger partial charge is 0.421 e. The Morgan fingerprint density at radius 3 is 2.22 bits per heavy atom. The lowest BCUT2D eigenvalue weighted by Crippen LogP contribution is -2.44. The van der Waals surface area contributed by atoms with Crippen LogP contribution in [0, 0.1) is 17.4 Å². The second kappa shape index (κ2) is 11.4. The van der Waals surface area contributed by atoms with Gasteiger partial charge in [0.25, 0.3) is 0 Å². The smallest absolute Gasteiger partial charge is 0.416 e. The van der Waals surface area contributed by atoms with E-state index in [4.69, 9.17) is 9.16 Å². The highest BCUT2D eigenvalue weighted by atomic mass is 28.4. The van der Waals surface area contributed by atoms with E-state index in [0.29, 0.717) is 12.4 Å². The van der Waals surface area contributed by atoms with Crippen LogP contribution in [0.2, 0.25) is 37.8 Å². The van der Waals surface area contributed by atoms with Gasteiger partial charge in [0.15, 0.2) is 8.32 Å². The highest BCUT2D eigenvalue weighted by Crippen LogP contribution is 2.41. The van der Waals surface area contributed by atoms with Gasteiger partial charge in [0.2, 0.25) is 0 Å². The summed E-state index contributed by atoms with van der Waals surface area (Å²) in [6.45, 7) is 20.9. The maximum Gasteiger partial charge on any atom is 0.421 e. The van der Waals surface area contributed by atoms with Gasteiger partial charge in [-0.15, -0.1) is 5.54 Å². The van der Waals surface area contributed by atoms with Crippen molar-refractivity contribution in [2.75, 3.05) is 11.5 Å². The molecular formula is C31H43NO3Si2. The van der Waals surface area contributed by atoms with Gasteiger partial charge in [0.05, 0.1) is 5.69 Å². The molecule has 0 spiro atoms. The average molecular weight is 534 g/mol. The van der Waals surface area contributed by atoms with Gasteiger partial charge in [-0.05, 0) is 54.4 Å². The minimum absolute atomic E-state index is 0.146. The molecule has 0 saturated carbocycles. The first-order chi connectivity index (χ1) is 17.2. The van der Waals surface area contributed by atoms with Crippen molar-refractivity contribution in [2.24, 2.45) is 5.92 Å². The summed E-state index contributed by atoms with van der Waals surface area (Å²) in [6.07, 6.45) is 2.69. The zero-order chi connectivity index (χ0) is 27.4. The molecule has 1 amide bonds. The highest BCUT2D eigenvalue weighted by Gasteiger charge is 2.39. The third kappa shape index (κ3) is 7.25. The number of rotatable bonds is 6. The van der Waals surface area contributed by atoms with Crippen LogP contribution in [0.15, 0.2) is 60.7 Å². The molecule has 2 atom stereocenters. The van der Waals surface area contributed by atoms with E-state index in [1.165, 1.54) is 5.57 Å². The molecule has 0 radical (unpaired) electrons. The Balaban J connectivity index is 2.05. The van der Waals surface area contributed by atoms with Crippen LogP contribution in [0.5, 0.6) is 5.75 Å². The van der Waals surface area contributed by atoms with E-state index in [9.17, 15) is 4.79 Å². The molecule has 0 aliphatic carbocycles. The van der Waals surface area contributed by atoms with Gasteiger partial charge in [-0.2, -0.15) is 0 Å². The Hall–Kier alpha value is -2.60. The number of anilines is 1. The van der Waals surface area contributed by atoms with Gasteiger partial charge in [0, 0.05) is 18.1 Å². The van der Waals surface area contributed by atoms with Gasteiger partial charge in [-0.3, -0.25) is 4.90 Å². The van der Waals surface area contributed by atoms with Crippen molar-refractivity contribution in [3.63, 3.8) is 0 Å². The number of hydrogen-bond donors (Lipinski definition) is 0. The molecule has 0 bridgehead atoms. The van der Waals surface area contributed by atoms with E-state index in [-0.39, 0.29) is 11.0 Å². The summed E-state index contributed by atoms with van der Waals surface area (Å²) >= 11 is 0. The summed E-state index contributed by atoms with van der Waals surface area (Å²) in [4.78, 5) is 15.3. The zero-order valence-corrected chi connectivity index (χ0v) is 26.0. The molecule has 2 aromatic carbocycles. The first kappa shape index (κ1) is 29.0. The van der Waals surface area contributed by atoms with E-state index >= 15 is 0 Å². The molecule has 0 aromatic heterocycles. The van der Waals surface area contributed by atoms with Crippen LogP contribution < -0.4 is 9.64 Å². The fourth-order valence-electron chi connectivity index (χ4n) is 3.97. The van der Waals surface area contributed by atoms with E-state index < -0.39 is 28.5 Å². The second-order valence-corrected chi connectivity index (χ2v) is 21.9. The van der Waals surface area contributed by atoms with E-state index in [1.54, 1.807) is 17.0 Å². The first-order valence-electron chi connectivity index (χ1n) is 13.3. The number of benzene rings is 2. The number of nitrogens with zero attached hydrogens (tertiary/aromatic N) is 1. The van der Waals surface area contributed by atoms with Crippen molar-refractivity contribution in [1.29, 1.82) is 0 Å². The van der Waals surface area contributed by atoms with Crippen molar-refractivity contribution >= 4 is 33.7 Å². The lowest BCUT2D eigenvalue weighted by atomic mass is 9.85. The monoisotopic (exact) mass is 533 g/mol.